The van der Waals surface area contributed by atoms with Gasteiger partial charge in [0.25, 0.3) is 0 Å². The van der Waals surface area contributed by atoms with Crippen LogP contribution in [0.2, 0.25) is 0 Å². The average Bonchev–Trinajstić information content (AvgIpc) is 1.89. The Labute approximate surface area is 64.0 Å². The van der Waals surface area contributed by atoms with Crippen molar-refractivity contribution < 1.29 is 0 Å². The van der Waals surface area contributed by atoms with E-state index in [0.717, 1.165) is 12.8 Å². The van der Waals surface area contributed by atoms with Gasteiger partial charge in [-0.1, -0.05) is 13.8 Å². The Morgan fingerprint density at radius 3 is 1.50 bits per heavy atom. The quantitative estimate of drug-likeness (QED) is 0.519. The SMILES string of the molecule is C#CCC(C)C(C)CC#C. The van der Waals surface area contributed by atoms with Crippen LogP contribution in [0.3, 0.4) is 0 Å². The van der Waals surface area contributed by atoms with E-state index in [-0.39, 0.29) is 0 Å². The van der Waals surface area contributed by atoms with Crippen molar-refractivity contribution in [3.63, 3.8) is 0 Å². The summed E-state index contributed by atoms with van der Waals surface area (Å²) in [5, 5.41) is 0. The molecule has 0 rings (SSSR count). The largest absolute Gasteiger partial charge is 0.120 e. The van der Waals surface area contributed by atoms with Crippen LogP contribution in [-0.4, -0.2) is 0 Å². The lowest BCUT2D eigenvalue weighted by molar-refractivity contribution is 0.404. The second-order valence-electron chi connectivity index (χ2n) is 2.77. The molecule has 0 radical (unpaired) electrons. The maximum absolute atomic E-state index is 5.16. The van der Waals surface area contributed by atoms with Crippen LogP contribution in [0.5, 0.6) is 0 Å². The van der Waals surface area contributed by atoms with Crippen molar-refractivity contribution in [3.05, 3.63) is 0 Å². The number of rotatable bonds is 3. The van der Waals surface area contributed by atoms with Crippen LogP contribution in [-0.2, 0) is 0 Å². The van der Waals surface area contributed by atoms with E-state index in [9.17, 15) is 0 Å². The van der Waals surface area contributed by atoms with Crippen molar-refractivity contribution in [1.82, 2.24) is 0 Å². The molecule has 0 heteroatoms. The zero-order valence-corrected chi connectivity index (χ0v) is 6.72. The second kappa shape index (κ2) is 4.95. The van der Waals surface area contributed by atoms with Gasteiger partial charge < -0.3 is 0 Å². The molecule has 10 heavy (non-hydrogen) atoms. The first-order chi connectivity index (χ1) is 4.72. The third-order valence-electron chi connectivity index (χ3n) is 1.85. The lowest BCUT2D eigenvalue weighted by Gasteiger charge is -2.13. The molecule has 0 aromatic carbocycles. The van der Waals surface area contributed by atoms with Crippen LogP contribution in [0.25, 0.3) is 0 Å². The summed E-state index contributed by atoms with van der Waals surface area (Å²) in [6.45, 7) is 4.28. The van der Waals surface area contributed by atoms with Crippen molar-refractivity contribution >= 4 is 0 Å². The fourth-order valence-corrected chi connectivity index (χ4v) is 0.774. The molecule has 0 aliphatic carbocycles. The minimum atomic E-state index is 0.557. The highest BCUT2D eigenvalue weighted by Crippen LogP contribution is 2.16. The molecule has 0 bridgehead atoms. The summed E-state index contributed by atoms with van der Waals surface area (Å²) in [4.78, 5) is 0. The molecule has 0 saturated carbocycles. The molecule has 2 atom stereocenters. The van der Waals surface area contributed by atoms with E-state index in [1.807, 2.05) is 0 Å². The Morgan fingerprint density at radius 2 is 1.30 bits per heavy atom. The highest BCUT2D eigenvalue weighted by molar-refractivity contribution is 4.91. The van der Waals surface area contributed by atoms with E-state index in [1.54, 1.807) is 0 Å². The van der Waals surface area contributed by atoms with Gasteiger partial charge in [0.2, 0.25) is 0 Å². The van der Waals surface area contributed by atoms with Gasteiger partial charge in [-0.15, -0.1) is 24.7 Å². The summed E-state index contributed by atoms with van der Waals surface area (Å²) in [6, 6.07) is 0. The van der Waals surface area contributed by atoms with Gasteiger partial charge in [-0.05, 0) is 11.8 Å². The van der Waals surface area contributed by atoms with Crippen LogP contribution >= 0.6 is 0 Å². The van der Waals surface area contributed by atoms with E-state index in [4.69, 9.17) is 12.8 Å². The first-order valence-corrected chi connectivity index (χ1v) is 3.59. The Hall–Kier alpha value is -0.880. The molecule has 0 nitrogen and oxygen atoms in total. The molecule has 54 valence electrons. The maximum atomic E-state index is 5.16. The molecule has 0 aromatic heterocycles. The lowest BCUT2D eigenvalue weighted by atomic mass is 9.91. The van der Waals surface area contributed by atoms with Crippen LogP contribution in [0, 0.1) is 36.5 Å². The van der Waals surface area contributed by atoms with Crippen molar-refractivity contribution in [2.45, 2.75) is 26.7 Å². The van der Waals surface area contributed by atoms with Gasteiger partial charge in [-0.3, -0.25) is 0 Å². The standard InChI is InChI=1S/C10H14/c1-5-7-9(3)10(4)8-6-2/h1-2,9-10H,7-8H2,3-4H3. The van der Waals surface area contributed by atoms with Crippen molar-refractivity contribution in [1.29, 1.82) is 0 Å². The minimum Gasteiger partial charge on any atom is -0.120 e. The van der Waals surface area contributed by atoms with E-state index in [1.165, 1.54) is 0 Å². The molecule has 0 aliphatic rings. The predicted molar refractivity (Wildman–Crippen MR) is 45.2 cm³/mol. The topological polar surface area (TPSA) is 0 Å². The normalized spacial score (nSPS) is 14.8. The van der Waals surface area contributed by atoms with Crippen LogP contribution < -0.4 is 0 Å². The molecular weight excluding hydrogens is 120 g/mol. The first-order valence-electron chi connectivity index (χ1n) is 3.59. The van der Waals surface area contributed by atoms with Crippen molar-refractivity contribution in [3.8, 4) is 24.7 Å². The summed E-state index contributed by atoms with van der Waals surface area (Å²) in [5.74, 6) is 6.39. The molecule has 0 amide bonds. The summed E-state index contributed by atoms with van der Waals surface area (Å²) in [7, 11) is 0. The van der Waals surface area contributed by atoms with Crippen LogP contribution in [0.15, 0.2) is 0 Å². The molecule has 0 spiro atoms. The fraction of sp³-hybridized carbons (Fsp3) is 0.600. The first kappa shape index (κ1) is 9.12. The molecule has 2 unspecified atom stereocenters. The summed E-state index contributed by atoms with van der Waals surface area (Å²) < 4.78 is 0. The highest BCUT2D eigenvalue weighted by Gasteiger charge is 2.08. The Bertz CT molecular complexity index is 134. The molecule has 0 aliphatic heterocycles. The molecule has 0 N–H and O–H groups in total. The van der Waals surface area contributed by atoms with Gasteiger partial charge in [0.05, 0.1) is 0 Å². The van der Waals surface area contributed by atoms with Crippen molar-refractivity contribution in [2.24, 2.45) is 11.8 Å². The predicted octanol–water partition coefficient (Wildman–Crippen LogP) is 2.31. The molecule has 0 aromatic rings. The smallest absolute Gasteiger partial charge is 0.0115 e. The maximum Gasteiger partial charge on any atom is 0.0115 e. The highest BCUT2D eigenvalue weighted by atomic mass is 14.1. The van der Waals surface area contributed by atoms with E-state index in [2.05, 4.69) is 25.7 Å². The summed E-state index contributed by atoms with van der Waals surface area (Å²) >= 11 is 0. The third kappa shape index (κ3) is 3.21. The number of terminal acetylenes is 2. The Balaban J connectivity index is 3.63. The van der Waals surface area contributed by atoms with Gasteiger partial charge in [0, 0.05) is 12.8 Å². The van der Waals surface area contributed by atoms with Gasteiger partial charge in [-0.25, -0.2) is 0 Å². The number of hydrogen-bond donors (Lipinski definition) is 0. The van der Waals surface area contributed by atoms with E-state index in [0.29, 0.717) is 11.8 Å². The monoisotopic (exact) mass is 134 g/mol. The molecular formula is C10H14. The molecule has 0 fully saturated rings. The molecule has 0 saturated heterocycles. The van der Waals surface area contributed by atoms with Gasteiger partial charge in [0.1, 0.15) is 0 Å². The Kier molecular flexibility index (Phi) is 4.51. The zero-order valence-electron chi connectivity index (χ0n) is 6.72. The lowest BCUT2D eigenvalue weighted by Crippen LogP contribution is -2.05. The van der Waals surface area contributed by atoms with Gasteiger partial charge in [0.15, 0.2) is 0 Å². The van der Waals surface area contributed by atoms with Crippen molar-refractivity contribution in [2.75, 3.05) is 0 Å². The van der Waals surface area contributed by atoms with E-state index >= 15 is 0 Å². The zero-order chi connectivity index (χ0) is 7.98. The fourth-order valence-electron chi connectivity index (χ4n) is 0.774. The minimum absolute atomic E-state index is 0.557. The molecule has 0 heterocycles. The third-order valence-corrected chi connectivity index (χ3v) is 1.85. The second-order valence-corrected chi connectivity index (χ2v) is 2.77. The summed E-state index contributed by atoms with van der Waals surface area (Å²) in [5.41, 5.74) is 0. The van der Waals surface area contributed by atoms with E-state index < -0.39 is 0 Å². The van der Waals surface area contributed by atoms with Crippen LogP contribution in [0.1, 0.15) is 26.7 Å². The summed E-state index contributed by atoms with van der Waals surface area (Å²) in [6.07, 6.45) is 12.0. The van der Waals surface area contributed by atoms with Gasteiger partial charge >= 0.3 is 0 Å². The van der Waals surface area contributed by atoms with Gasteiger partial charge in [-0.2, -0.15) is 0 Å². The Morgan fingerprint density at radius 1 is 1.00 bits per heavy atom. The number of hydrogen-bond acceptors (Lipinski definition) is 0. The average molecular weight is 134 g/mol. The van der Waals surface area contributed by atoms with Crippen LogP contribution in [0.4, 0.5) is 0 Å².